The van der Waals surface area contributed by atoms with Crippen LogP contribution in [-0.2, 0) is 11.3 Å². The highest BCUT2D eigenvalue weighted by molar-refractivity contribution is 5.85. The van der Waals surface area contributed by atoms with Crippen LogP contribution in [0.5, 0.6) is 0 Å². The van der Waals surface area contributed by atoms with E-state index in [9.17, 15) is 14.9 Å². The van der Waals surface area contributed by atoms with E-state index in [-0.39, 0.29) is 36.7 Å². The first-order chi connectivity index (χ1) is 9.60. The molecule has 1 aromatic rings. The van der Waals surface area contributed by atoms with Gasteiger partial charge in [-0.1, -0.05) is 12.8 Å². The molecule has 8 nitrogen and oxygen atoms in total. The van der Waals surface area contributed by atoms with Gasteiger partial charge in [0, 0.05) is 6.04 Å². The van der Waals surface area contributed by atoms with Gasteiger partial charge in [-0.25, -0.2) is 0 Å². The van der Waals surface area contributed by atoms with Gasteiger partial charge in [-0.3, -0.25) is 4.79 Å². The number of hydrogen-bond donors (Lipinski definition) is 2. The lowest BCUT2D eigenvalue weighted by Gasteiger charge is -2.31. The summed E-state index contributed by atoms with van der Waals surface area (Å²) in [6, 6.07) is 1.38. The van der Waals surface area contributed by atoms with Gasteiger partial charge in [0.25, 0.3) is 0 Å². The Bertz CT molecular complexity index is 493. The molecule has 0 spiro atoms. The van der Waals surface area contributed by atoms with Crippen molar-refractivity contribution in [3.63, 3.8) is 0 Å². The molecule has 0 aliphatic heterocycles. The molecule has 3 N–H and O–H groups in total. The number of nitrogens with one attached hydrogen (secondary N) is 1. The van der Waals surface area contributed by atoms with Crippen LogP contribution >= 0.6 is 12.4 Å². The summed E-state index contributed by atoms with van der Waals surface area (Å²) < 4.78 is 1.27. The lowest BCUT2D eigenvalue weighted by molar-refractivity contribution is -0.389. The van der Waals surface area contributed by atoms with Gasteiger partial charge in [0.2, 0.25) is 5.91 Å². The third kappa shape index (κ3) is 4.68. The van der Waals surface area contributed by atoms with Crippen molar-refractivity contribution in [1.29, 1.82) is 0 Å². The summed E-state index contributed by atoms with van der Waals surface area (Å²) in [5.41, 5.74) is 5.71. The molecule has 2 atom stereocenters. The van der Waals surface area contributed by atoms with Crippen molar-refractivity contribution in [2.45, 2.75) is 38.3 Å². The van der Waals surface area contributed by atoms with E-state index in [1.807, 2.05) is 0 Å². The summed E-state index contributed by atoms with van der Waals surface area (Å²) >= 11 is 0. The first kappa shape index (κ1) is 17.4. The molecule has 0 saturated heterocycles. The SMILES string of the molecule is Cl.NCC1CCCCC1NC(=O)Cn1ccc([N+](=O)[O-])n1. The molecule has 1 aliphatic rings. The van der Waals surface area contributed by atoms with Crippen LogP contribution < -0.4 is 11.1 Å². The van der Waals surface area contributed by atoms with E-state index in [0.29, 0.717) is 12.5 Å². The molecule has 1 aromatic heterocycles. The number of carbonyl (C=O) groups is 1. The van der Waals surface area contributed by atoms with E-state index >= 15 is 0 Å². The van der Waals surface area contributed by atoms with Crippen molar-refractivity contribution in [1.82, 2.24) is 15.1 Å². The van der Waals surface area contributed by atoms with E-state index in [2.05, 4.69) is 10.4 Å². The minimum Gasteiger partial charge on any atom is -0.358 e. The minimum atomic E-state index is -0.583. The second kappa shape index (κ2) is 7.94. The fraction of sp³-hybridized carbons (Fsp3) is 0.667. The van der Waals surface area contributed by atoms with Gasteiger partial charge in [0.1, 0.15) is 6.54 Å². The van der Waals surface area contributed by atoms with Crippen LogP contribution in [0.3, 0.4) is 0 Å². The highest BCUT2D eigenvalue weighted by Gasteiger charge is 2.25. The molecule has 1 amide bonds. The number of carbonyl (C=O) groups excluding carboxylic acids is 1. The molecule has 1 fully saturated rings. The summed E-state index contributed by atoms with van der Waals surface area (Å²) in [4.78, 5) is 21.9. The number of nitrogens with zero attached hydrogens (tertiary/aromatic N) is 3. The van der Waals surface area contributed by atoms with Crippen molar-refractivity contribution >= 4 is 24.1 Å². The maximum atomic E-state index is 11.9. The molecule has 118 valence electrons. The van der Waals surface area contributed by atoms with Crippen molar-refractivity contribution in [2.75, 3.05) is 6.54 Å². The highest BCUT2D eigenvalue weighted by Crippen LogP contribution is 2.23. The summed E-state index contributed by atoms with van der Waals surface area (Å²) in [6.45, 7) is 0.555. The van der Waals surface area contributed by atoms with Gasteiger partial charge < -0.3 is 21.2 Å². The Morgan fingerprint density at radius 3 is 2.86 bits per heavy atom. The molecule has 1 saturated carbocycles. The van der Waals surface area contributed by atoms with Gasteiger partial charge >= 0.3 is 5.82 Å². The van der Waals surface area contributed by atoms with Gasteiger partial charge in [-0.05, 0) is 30.2 Å². The second-order valence-electron chi connectivity index (χ2n) is 5.08. The summed E-state index contributed by atoms with van der Waals surface area (Å²) in [6.07, 6.45) is 5.65. The average molecular weight is 318 g/mol. The molecule has 0 aromatic carbocycles. The van der Waals surface area contributed by atoms with Crippen molar-refractivity contribution in [3.05, 3.63) is 22.4 Å². The number of amides is 1. The molecule has 2 rings (SSSR count). The Labute approximate surface area is 128 Å². The van der Waals surface area contributed by atoms with Crippen LogP contribution in [-0.4, -0.2) is 33.2 Å². The van der Waals surface area contributed by atoms with Crippen LogP contribution in [0.25, 0.3) is 0 Å². The zero-order chi connectivity index (χ0) is 14.5. The molecule has 1 heterocycles. The molecule has 21 heavy (non-hydrogen) atoms. The standard InChI is InChI=1S/C12H19N5O3.ClH/c13-7-9-3-1-2-4-10(9)14-12(18)8-16-6-5-11(15-16)17(19)20;/h5-6,9-10H,1-4,7-8,13H2,(H,14,18);1H. The van der Waals surface area contributed by atoms with Crippen molar-refractivity contribution < 1.29 is 9.72 Å². The van der Waals surface area contributed by atoms with Gasteiger partial charge in [0.05, 0.1) is 17.4 Å². The van der Waals surface area contributed by atoms with E-state index < -0.39 is 4.92 Å². The number of nitro groups is 1. The number of nitrogens with two attached hydrogens (primary N) is 1. The van der Waals surface area contributed by atoms with Gasteiger partial charge in [-0.2, -0.15) is 4.68 Å². The fourth-order valence-electron chi connectivity index (χ4n) is 2.62. The molecule has 9 heteroatoms. The van der Waals surface area contributed by atoms with Gasteiger partial charge in [0.15, 0.2) is 0 Å². The fourth-order valence-corrected chi connectivity index (χ4v) is 2.62. The Balaban J connectivity index is 0.00000220. The Kier molecular flexibility index (Phi) is 6.57. The molecule has 0 bridgehead atoms. The van der Waals surface area contributed by atoms with Crippen molar-refractivity contribution in [3.8, 4) is 0 Å². The highest BCUT2D eigenvalue weighted by atomic mass is 35.5. The first-order valence-electron chi connectivity index (χ1n) is 6.77. The lowest BCUT2D eigenvalue weighted by atomic mass is 9.84. The normalized spacial score (nSPS) is 21.4. The molecule has 2 unspecified atom stereocenters. The third-order valence-corrected chi connectivity index (χ3v) is 3.68. The predicted molar refractivity (Wildman–Crippen MR) is 79.1 cm³/mol. The minimum absolute atomic E-state index is 0. The molecular weight excluding hydrogens is 298 g/mol. The van der Waals surface area contributed by atoms with E-state index in [1.165, 1.54) is 16.9 Å². The van der Waals surface area contributed by atoms with Crippen LogP contribution in [0, 0.1) is 16.0 Å². The Morgan fingerprint density at radius 2 is 2.24 bits per heavy atom. The quantitative estimate of drug-likeness (QED) is 0.616. The predicted octanol–water partition coefficient (Wildman–Crippen LogP) is 0.847. The second-order valence-corrected chi connectivity index (χ2v) is 5.08. The monoisotopic (exact) mass is 317 g/mol. The smallest absolute Gasteiger partial charge is 0.358 e. The Morgan fingerprint density at radius 1 is 1.52 bits per heavy atom. The maximum absolute atomic E-state index is 11.9. The van der Waals surface area contributed by atoms with E-state index in [0.717, 1.165) is 25.7 Å². The number of aromatic nitrogens is 2. The van der Waals surface area contributed by atoms with Crippen LogP contribution in [0.4, 0.5) is 5.82 Å². The summed E-state index contributed by atoms with van der Waals surface area (Å²) in [5.74, 6) is -0.122. The lowest BCUT2D eigenvalue weighted by Crippen LogP contribution is -2.45. The number of rotatable bonds is 5. The number of hydrogen-bond acceptors (Lipinski definition) is 5. The van der Waals surface area contributed by atoms with Crippen LogP contribution in [0.1, 0.15) is 25.7 Å². The van der Waals surface area contributed by atoms with Crippen molar-refractivity contribution in [2.24, 2.45) is 11.7 Å². The van der Waals surface area contributed by atoms with E-state index in [4.69, 9.17) is 5.73 Å². The van der Waals surface area contributed by atoms with E-state index in [1.54, 1.807) is 0 Å². The largest absolute Gasteiger partial charge is 0.389 e. The summed E-state index contributed by atoms with van der Waals surface area (Å²) in [5, 5.41) is 17.2. The zero-order valence-corrected chi connectivity index (χ0v) is 12.4. The number of halogens is 1. The molecule has 1 aliphatic carbocycles. The first-order valence-corrected chi connectivity index (χ1v) is 6.77. The average Bonchev–Trinajstić information content (AvgIpc) is 2.88. The van der Waals surface area contributed by atoms with Crippen LogP contribution in [0.15, 0.2) is 12.3 Å². The summed E-state index contributed by atoms with van der Waals surface area (Å²) in [7, 11) is 0. The topological polar surface area (TPSA) is 116 Å². The van der Waals surface area contributed by atoms with Gasteiger partial charge in [-0.15, -0.1) is 12.4 Å². The maximum Gasteiger partial charge on any atom is 0.389 e. The molecule has 0 radical (unpaired) electrons. The Hall–Kier alpha value is -1.67. The molecular formula is C12H20ClN5O3. The third-order valence-electron chi connectivity index (χ3n) is 3.68. The van der Waals surface area contributed by atoms with Crippen LogP contribution in [0.2, 0.25) is 0 Å². The zero-order valence-electron chi connectivity index (χ0n) is 11.6.